The highest BCUT2D eigenvalue weighted by molar-refractivity contribution is 7.19. The number of hydrogen-bond donors (Lipinski definition) is 1. The fourth-order valence-corrected chi connectivity index (χ4v) is 5.21. The highest BCUT2D eigenvalue weighted by Crippen LogP contribution is 2.34. The number of carbonyl (C=O) groups excluding carboxylic acids is 1. The van der Waals surface area contributed by atoms with Gasteiger partial charge in [0.1, 0.15) is 6.10 Å². The summed E-state index contributed by atoms with van der Waals surface area (Å²) < 4.78 is 6.51. The first-order chi connectivity index (χ1) is 13.9. The van der Waals surface area contributed by atoms with Gasteiger partial charge in [-0.2, -0.15) is 4.98 Å². The fourth-order valence-electron chi connectivity index (χ4n) is 3.90. The molecule has 1 N–H and O–H groups in total. The predicted octanol–water partition coefficient (Wildman–Crippen LogP) is 1.59. The minimum Gasteiger partial charge on any atom is -0.384 e. The number of anilines is 1. The SMILES string of the molecule is CC(O)C(=O)N1CCN(Cc2cc3nc(Cl)nc(N4CCOCC4)c3s2)C(C)C1. The van der Waals surface area contributed by atoms with Crippen LogP contribution in [0.5, 0.6) is 0 Å². The number of rotatable bonds is 4. The molecule has 2 unspecified atom stereocenters. The Labute approximate surface area is 179 Å². The first kappa shape index (κ1) is 20.7. The summed E-state index contributed by atoms with van der Waals surface area (Å²) in [6.45, 7) is 9.43. The van der Waals surface area contributed by atoms with Gasteiger partial charge in [0, 0.05) is 50.2 Å². The Hall–Kier alpha value is -1.52. The molecule has 0 radical (unpaired) electrons. The second-order valence-electron chi connectivity index (χ2n) is 7.62. The number of nitrogens with zero attached hydrogens (tertiary/aromatic N) is 5. The van der Waals surface area contributed by atoms with Crippen molar-refractivity contribution in [3.05, 3.63) is 16.2 Å². The summed E-state index contributed by atoms with van der Waals surface area (Å²) in [4.78, 5) is 28.5. The normalized spacial score (nSPS) is 22.3. The molecule has 1 amide bonds. The van der Waals surface area contributed by atoms with Crippen LogP contribution in [0.3, 0.4) is 0 Å². The molecule has 2 aromatic heterocycles. The average molecular weight is 440 g/mol. The summed E-state index contributed by atoms with van der Waals surface area (Å²) in [7, 11) is 0. The number of piperazine rings is 1. The van der Waals surface area contributed by atoms with E-state index < -0.39 is 6.10 Å². The number of halogens is 1. The van der Waals surface area contributed by atoms with Crippen molar-refractivity contribution in [2.75, 3.05) is 50.8 Å². The minimum absolute atomic E-state index is 0.196. The lowest BCUT2D eigenvalue weighted by Gasteiger charge is -2.40. The van der Waals surface area contributed by atoms with Crippen LogP contribution in [-0.4, -0.2) is 88.9 Å². The van der Waals surface area contributed by atoms with Gasteiger partial charge >= 0.3 is 0 Å². The number of hydrogen-bond acceptors (Lipinski definition) is 8. The molecule has 0 aliphatic carbocycles. The smallest absolute Gasteiger partial charge is 0.251 e. The van der Waals surface area contributed by atoms with Crippen LogP contribution in [0.4, 0.5) is 5.82 Å². The number of fused-ring (bicyclic) bond motifs is 1. The lowest BCUT2D eigenvalue weighted by Crippen LogP contribution is -2.54. The van der Waals surface area contributed by atoms with Crippen molar-refractivity contribution in [3.63, 3.8) is 0 Å². The molecule has 2 aromatic rings. The van der Waals surface area contributed by atoms with Gasteiger partial charge in [-0.3, -0.25) is 9.69 Å². The Morgan fingerprint density at radius 1 is 1.34 bits per heavy atom. The van der Waals surface area contributed by atoms with Crippen molar-refractivity contribution in [3.8, 4) is 0 Å². The molecule has 2 aliphatic heterocycles. The third kappa shape index (κ3) is 4.49. The molecular weight excluding hydrogens is 414 g/mol. The van der Waals surface area contributed by atoms with Crippen LogP contribution in [-0.2, 0) is 16.1 Å². The molecule has 0 aromatic carbocycles. The summed E-state index contributed by atoms with van der Waals surface area (Å²) in [6.07, 6.45) is -0.946. The standard InChI is InChI=1S/C19H26ClN5O3S/c1-12-10-25(18(27)13(2)26)4-3-24(12)11-14-9-15-16(29-14)17(22-19(20)21-15)23-5-7-28-8-6-23/h9,12-13,26H,3-8,10-11H2,1-2H3. The van der Waals surface area contributed by atoms with Crippen LogP contribution < -0.4 is 4.90 Å². The quantitative estimate of drug-likeness (QED) is 0.724. The van der Waals surface area contributed by atoms with Crippen molar-refractivity contribution in [1.82, 2.24) is 19.8 Å². The maximum absolute atomic E-state index is 12.1. The number of thiophene rings is 1. The van der Waals surface area contributed by atoms with E-state index in [-0.39, 0.29) is 17.2 Å². The van der Waals surface area contributed by atoms with E-state index in [1.165, 1.54) is 11.8 Å². The lowest BCUT2D eigenvalue weighted by atomic mass is 10.1. The largest absolute Gasteiger partial charge is 0.384 e. The molecule has 0 spiro atoms. The van der Waals surface area contributed by atoms with Gasteiger partial charge in [-0.25, -0.2) is 4.98 Å². The number of aromatic nitrogens is 2. The summed E-state index contributed by atoms with van der Waals surface area (Å²) in [6, 6.07) is 2.31. The highest BCUT2D eigenvalue weighted by atomic mass is 35.5. The van der Waals surface area contributed by atoms with Gasteiger partial charge < -0.3 is 19.6 Å². The molecule has 2 atom stereocenters. The highest BCUT2D eigenvalue weighted by Gasteiger charge is 2.29. The molecule has 4 heterocycles. The van der Waals surface area contributed by atoms with Crippen LogP contribution in [0.1, 0.15) is 18.7 Å². The third-order valence-corrected chi connectivity index (χ3v) is 6.76. The van der Waals surface area contributed by atoms with Crippen LogP contribution in [0.25, 0.3) is 10.2 Å². The Balaban J connectivity index is 1.51. The fraction of sp³-hybridized carbons (Fsp3) is 0.632. The first-order valence-electron chi connectivity index (χ1n) is 9.92. The minimum atomic E-state index is -0.946. The first-order valence-corrected chi connectivity index (χ1v) is 11.1. The van der Waals surface area contributed by atoms with E-state index in [0.717, 1.165) is 42.2 Å². The Kier molecular flexibility index (Phi) is 6.21. The molecule has 0 bridgehead atoms. The average Bonchev–Trinajstić information content (AvgIpc) is 3.11. The molecule has 29 heavy (non-hydrogen) atoms. The Bertz CT molecular complexity index is 886. The summed E-state index contributed by atoms with van der Waals surface area (Å²) in [5.74, 6) is 0.693. The second kappa shape index (κ2) is 8.69. The number of carbonyl (C=O) groups is 1. The van der Waals surface area contributed by atoms with Crippen LogP contribution in [0.15, 0.2) is 6.07 Å². The second-order valence-corrected chi connectivity index (χ2v) is 9.10. The van der Waals surface area contributed by atoms with E-state index in [1.807, 2.05) is 0 Å². The maximum atomic E-state index is 12.1. The molecule has 158 valence electrons. The molecule has 2 fully saturated rings. The van der Waals surface area contributed by atoms with E-state index in [0.29, 0.717) is 26.3 Å². The topological polar surface area (TPSA) is 82.0 Å². The van der Waals surface area contributed by atoms with Gasteiger partial charge in [-0.05, 0) is 31.5 Å². The van der Waals surface area contributed by atoms with Crippen molar-refractivity contribution in [1.29, 1.82) is 0 Å². The monoisotopic (exact) mass is 439 g/mol. The third-order valence-electron chi connectivity index (χ3n) is 5.48. The zero-order valence-corrected chi connectivity index (χ0v) is 18.2. The summed E-state index contributed by atoms with van der Waals surface area (Å²) in [5.41, 5.74) is 0.877. The maximum Gasteiger partial charge on any atom is 0.251 e. The number of morpholine rings is 1. The van der Waals surface area contributed by atoms with Gasteiger partial charge in [0.25, 0.3) is 5.91 Å². The van der Waals surface area contributed by atoms with E-state index in [1.54, 1.807) is 16.2 Å². The van der Waals surface area contributed by atoms with Crippen molar-refractivity contribution >= 4 is 44.9 Å². The van der Waals surface area contributed by atoms with E-state index in [9.17, 15) is 9.90 Å². The van der Waals surface area contributed by atoms with Crippen molar-refractivity contribution in [2.24, 2.45) is 0 Å². The number of aliphatic hydroxyl groups excluding tert-OH is 1. The number of aliphatic hydroxyl groups is 1. The molecule has 4 rings (SSSR count). The van der Waals surface area contributed by atoms with Crippen LogP contribution >= 0.6 is 22.9 Å². The number of amides is 1. The zero-order chi connectivity index (χ0) is 20.5. The van der Waals surface area contributed by atoms with Gasteiger partial charge in [-0.1, -0.05) is 0 Å². The lowest BCUT2D eigenvalue weighted by molar-refractivity contribution is -0.142. The van der Waals surface area contributed by atoms with Crippen molar-refractivity contribution in [2.45, 2.75) is 32.5 Å². The summed E-state index contributed by atoms with van der Waals surface area (Å²) >= 11 is 7.90. The molecule has 2 saturated heterocycles. The molecule has 8 nitrogen and oxygen atoms in total. The molecule has 2 aliphatic rings. The van der Waals surface area contributed by atoms with E-state index in [4.69, 9.17) is 16.3 Å². The number of ether oxygens (including phenoxy) is 1. The zero-order valence-electron chi connectivity index (χ0n) is 16.7. The summed E-state index contributed by atoms with van der Waals surface area (Å²) in [5, 5.41) is 9.82. The molecule has 0 saturated carbocycles. The van der Waals surface area contributed by atoms with E-state index >= 15 is 0 Å². The van der Waals surface area contributed by atoms with Gasteiger partial charge in [0.15, 0.2) is 5.82 Å². The van der Waals surface area contributed by atoms with Gasteiger partial charge in [-0.15, -0.1) is 11.3 Å². The van der Waals surface area contributed by atoms with Crippen molar-refractivity contribution < 1.29 is 14.6 Å². The molecular formula is C19H26ClN5O3S. The Morgan fingerprint density at radius 2 is 2.10 bits per heavy atom. The Morgan fingerprint density at radius 3 is 2.79 bits per heavy atom. The molecule has 10 heteroatoms. The van der Waals surface area contributed by atoms with Crippen LogP contribution in [0.2, 0.25) is 5.28 Å². The van der Waals surface area contributed by atoms with Crippen LogP contribution in [0, 0.1) is 0 Å². The predicted molar refractivity (Wildman–Crippen MR) is 114 cm³/mol. The van der Waals surface area contributed by atoms with Gasteiger partial charge in [0.05, 0.1) is 23.4 Å². The van der Waals surface area contributed by atoms with E-state index in [2.05, 4.69) is 32.8 Å². The van der Waals surface area contributed by atoms with Gasteiger partial charge in [0.2, 0.25) is 5.28 Å².